The molecule has 1 aliphatic heterocycles. The van der Waals surface area contributed by atoms with Gasteiger partial charge in [-0.05, 0) is 68.7 Å². The zero-order valence-corrected chi connectivity index (χ0v) is 12.7. The number of ether oxygens (including phenoxy) is 1. The maximum atomic E-state index is 6.05. The molecule has 1 aromatic carbocycles. The molecular formula is C17H24ClNO. The summed E-state index contributed by atoms with van der Waals surface area (Å²) in [5.41, 5.74) is 1.39. The van der Waals surface area contributed by atoms with Gasteiger partial charge in [-0.3, -0.25) is 0 Å². The summed E-state index contributed by atoms with van der Waals surface area (Å²) in [5.74, 6) is 0.692. The van der Waals surface area contributed by atoms with Crippen LogP contribution in [0.5, 0.6) is 0 Å². The molecule has 1 unspecified atom stereocenters. The van der Waals surface area contributed by atoms with Crippen LogP contribution in [0, 0.1) is 0 Å². The normalized spacial score (nSPS) is 29.9. The van der Waals surface area contributed by atoms with Gasteiger partial charge in [0.1, 0.15) is 0 Å². The van der Waals surface area contributed by atoms with Gasteiger partial charge in [-0.1, -0.05) is 23.7 Å². The molecule has 3 heteroatoms. The molecule has 0 amide bonds. The Bertz CT molecular complexity index is 425. The van der Waals surface area contributed by atoms with Crippen molar-refractivity contribution in [1.82, 2.24) is 5.32 Å². The first-order valence-electron chi connectivity index (χ1n) is 7.92. The van der Waals surface area contributed by atoms with E-state index in [4.69, 9.17) is 16.3 Å². The van der Waals surface area contributed by atoms with Gasteiger partial charge in [0.2, 0.25) is 0 Å². The van der Waals surface area contributed by atoms with Crippen LogP contribution in [0.4, 0.5) is 0 Å². The second kappa shape index (κ2) is 6.93. The highest BCUT2D eigenvalue weighted by molar-refractivity contribution is 6.30. The van der Waals surface area contributed by atoms with Crippen LogP contribution in [0.1, 0.15) is 50.0 Å². The standard InChI is InChI=1S/C17H24ClNO/c18-15-5-3-4-13(10-15)14-11-16(12-14)19-8-7-17-6-1-2-9-20-17/h3-5,10,14,16-17,19H,1-2,6-9,11-12H2. The summed E-state index contributed by atoms with van der Waals surface area (Å²) < 4.78 is 5.76. The maximum Gasteiger partial charge on any atom is 0.0587 e. The number of halogens is 1. The van der Waals surface area contributed by atoms with Crippen LogP contribution in [-0.2, 0) is 4.74 Å². The van der Waals surface area contributed by atoms with Crippen LogP contribution in [0.2, 0.25) is 5.02 Å². The molecule has 3 rings (SSSR count). The van der Waals surface area contributed by atoms with Gasteiger partial charge in [0.05, 0.1) is 6.10 Å². The highest BCUT2D eigenvalue weighted by Crippen LogP contribution is 2.37. The first-order chi connectivity index (χ1) is 9.81. The lowest BCUT2D eigenvalue weighted by Crippen LogP contribution is -2.41. The average Bonchev–Trinajstić information content (AvgIpc) is 2.42. The molecule has 2 fully saturated rings. The topological polar surface area (TPSA) is 21.3 Å². The van der Waals surface area contributed by atoms with E-state index in [1.54, 1.807) is 0 Å². The third-order valence-electron chi connectivity index (χ3n) is 4.63. The van der Waals surface area contributed by atoms with Gasteiger partial charge in [-0.15, -0.1) is 0 Å². The van der Waals surface area contributed by atoms with E-state index in [0.717, 1.165) is 18.2 Å². The average molecular weight is 294 g/mol. The molecule has 0 spiro atoms. The van der Waals surface area contributed by atoms with Gasteiger partial charge in [-0.2, -0.15) is 0 Å². The predicted molar refractivity (Wildman–Crippen MR) is 83.4 cm³/mol. The van der Waals surface area contributed by atoms with Crippen molar-refractivity contribution >= 4 is 11.6 Å². The Hall–Kier alpha value is -0.570. The van der Waals surface area contributed by atoms with E-state index < -0.39 is 0 Å². The SMILES string of the molecule is Clc1cccc(C2CC(NCCC3CCCCO3)C2)c1. The summed E-state index contributed by atoms with van der Waals surface area (Å²) in [6.45, 7) is 2.06. The van der Waals surface area contributed by atoms with E-state index in [0.29, 0.717) is 18.1 Å². The van der Waals surface area contributed by atoms with Crippen molar-refractivity contribution < 1.29 is 4.74 Å². The van der Waals surface area contributed by atoms with E-state index in [2.05, 4.69) is 23.5 Å². The summed E-state index contributed by atoms with van der Waals surface area (Å²) >= 11 is 6.05. The Morgan fingerprint density at radius 2 is 2.15 bits per heavy atom. The van der Waals surface area contributed by atoms with Crippen molar-refractivity contribution in [3.8, 4) is 0 Å². The summed E-state index contributed by atoms with van der Waals surface area (Å²) in [6, 6.07) is 8.99. The first-order valence-corrected chi connectivity index (χ1v) is 8.29. The number of hydrogen-bond acceptors (Lipinski definition) is 2. The molecule has 110 valence electrons. The molecular weight excluding hydrogens is 270 g/mol. The third-order valence-corrected chi connectivity index (χ3v) is 4.87. The number of hydrogen-bond donors (Lipinski definition) is 1. The lowest BCUT2D eigenvalue weighted by atomic mass is 9.76. The van der Waals surface area contributed by atoms with Gasteiger partial charge in [0.25, 0.3) is 0 Å². The molecule has 2 nitrogen and oxygen atoms in total. The molecule has 20 heavy (non-hydrogen) atoms. The second-order valence-corrected chi connectivity index (χ2v) is 6.59. The predicted octanol–water partition coefficient (Wildman–Crippen LogP) is 4.13. The van der Waals surface area contributed by atoms with Crippen LogP contribution in [0.15, 0.2) is 24.3 Å². The largest absolute Gasteiger partial charge is 0.378 e. The molecule has 1 atom stereocenters. The second-order valence-electron chi connectivity index (χ2n) is 6.15. The highest BCUT2D eigenvalue weighted by atomic mass is 35.5. The Morgan fingerprint density at radius 3 is 2.90 bits per heavy atom. The Balaban J connectivity index is 1.34. The van der Waals surface area contributed by atoms with E-state index in [9.17, 15) is 0 Å². The smallest absolute Gasteiger partial charge is 0.0587 e. The minimum Gasteiger partial charge on any atom is -0.378 e. The van der Waals surface area contributed by atoms with E-state index >= 15 is 0 Å². The molecule has 1 aliphatic carbocycles. The quantitative estimate of drug-likeness (QED) is 0.881. The fraction of sp³-hybridized carbons (Fsp3) is 0.647. The fourth-order valence-electron chi connectivity index (χ4n) is 3.30. The van der Waals surface area contributed by atoms with Crippen molar-refractivity contribution in [1.29, 1.82) is 0 Å². The molecule has 0 radical (unpaired) electrons. The lowest BCUT2D eigenvalue weighted by Gasteiger charge is -2.37. The molecule has 2 aliphatic rings. The van der Waals surface area contributed by atoms with Crippen LogP contribution >= 0.6 is 11.6 Å². The van der Waals surface area contributed by atoms with Crippen molar-refractivity contribution in [3.63, 3.8) is 0 Å². The number of benzene rings is 1. The van der Waals surface area contributed by atoms with Crippen LogP contribution < -0.4 is 5.32 Å². The summed E-state index contributed by atoms with van der Waals surface area (Å²) in [5, 5.41) is 4.52. The minimum atomic E-state index is 0.500. The number of nitrogens with one attached hydrogen (secondary N) is 1. The molecule has 0 aromatic heterocycles. The zero-order valence-electron chi connectivity index (χ0n) is 12.0. The van der Waals surface area contributed by atoms with Crippen LogP contribution in [0.25, 0.3) is 0 Å². The highest BCUT2D eigenvalue weighted by Gasteiger charge is 2.29. The van der Waals surface area contributed by atoms with Gasteiger partial charge in [0.15, 0.2) is 0 Å². The van der Waals surface area contributed by atoms with Crippen molar-refractivity contribution in [3.05, 3.63) is 34.9 Å². The van der Waals surface area contributed by atoms with E-state index in [-0.39, 0.29) is 0 Å². The molecule has 1 saturated heterocycles. The first kappa shape index (κ1) is 14.4. The van der Waals surface area contributed by atoms with Crippen LogP contribution in [0.3, 0.4) is 0 Å². The van der Waals surface area contributed by atoms with Gasteiger partial charge >= 0.3 is 0 Å². The van der Waals surface area contributed by atoms with E-state index in [1.165, 1.54) is 44.1 Å². The maximum absolute atomic E-state index is 6.05. The Morgan fingerprint density at radius 1 is 1.25 bits per heavy atom. The lowest BCUT2D eigenvalue weighted by molar-refractivity contribution is 0.0107. The monoisotopic (exact) mass is 293 g/mol. The molecule has 1 saturated carbocycles. The summed E-state index contributed by atoms with van der Waals surface area (Å²) in [4.78, 5) is 0. The fourth-order valence-corrected chi connectivity index (χ4v) is 3.50. The van der Waals surface area contributed by atoms with Gasteiger partial charge in [-0.25, -0.2) is 0 Å². The molecule has 1 aromatic rings. The number of rotatable bonds is 5. The zero-order chi connectivity index (χ0) is 13.8. The van der Waals surface area contributed by atoms with Crippen molar-refractivity contribution in [2.45, 2.75) is 56.6 Å². The van der Waals surface area contributed by atoms with Gasteiger partial charge in [0, 0.05) is 17.7 Å². The van der Waals surface area contributed by atoms with Gasteiger partial charge < -0.3 is 10.1 Å². The third kappa shape index (κ3) is 3.75. The van der Waals surface area contributed by atoms with Crippen molar-refractivity contribution in [2.75, 3.05) is 13.2 Å². The molecule has 1 N–H and O–H groups in total. The minimum absolute atomic E-state index is 0.500. The Kier molecular flexibility index (Phi) is 4.98. The molecule has 1 heterocycles. The van der Waals surface area contributed by atoms with Crippen molar-refractivity contribution in [2.24, 2.45) is 0 Å². The van der Waals surface area contributed by atoms with E-state index in [1.807, 2.05) is 6.07 Å². The Labute approximate surface area is 126 Å². The van der Waals surface area contributed by atoms with Crippen LogP contribution in [-0.4, -0.2) is 25.3 Å². The molecule has 0 bridgehead atoms. The summed E-state index contributed by atoms with van der Waals surface area (Å²) in [7, 11) is 0. The summed E-state index contributed by atoms with van der Waals surface area (Å²) in [6.07, 6.45) is 7.98.